The van der Waals surface area contributed by atoms with Crippen LogP contribution in [0.2, 0.25) is 5.02 Å². The van der Waals surface area contributed by atoms with E-state index in [0.29, 0.717) is 25.0 Å². The van der Waals surface area contributed by atoms with Crippen molar-refractivity contribution in [3.05, 3.63) is 34.9 Å². The van der Waals surface area contributed by atoms with Crippen LogP contribution in [0.3, 0.4) is 0 Å². The predicted molar refractivity (Wildman–Crippen MR) is 107 cm³/mol. The van der Waals surface area contributed by atoms with Gasteiger partial charge in [-0.05, 0) is 43.0 Å². The van der Waals surface area contributed by atoms with Gasteiger partial charge in [0.2, 0.25) is 0 Å². The van der Waals surface area contributed by atoms with Gasteiger partial charge in [0.05, 0.1) is 6.54 Å². The Balaban J connectivity index is 1.50. The minimum absolute atomic E-state index is 0.226. The van der Waals surface area contributed by atoms with E-state index in [1.54, 1.807) is 14.0 Å². The largest absolute Gasteiger partial charge is 0.401 e. The van der Waals surface area contributed by atoms with E-state index >= 15 is 0 Å². The lowest BCUT2D eigenvalue weighted by Gasteiger charge is -2.26. The molecule has 3 rings (SSSR count). The van der Waals surface area contributed by atoms with Crippen molar-refractivity contribution in [3.8, 4) is 0 Å². The molecule has 0 radical (unpaired) electrons. The molecule has 0 amide bonds. The average Bonchev–Trinajstić information content (AvgIpc) is 3.26. The molecule has 0 spiro atoms. The number of likely N-dealkylation sites (tertiary alicyclic amines) is 1. The average molecular weight is 417 g/mol. The highest BCUT2D eigenvalue weighted by Crippen LogP contribution is 2.41. The van der Waals surface area contributed by atoms with Gasteiger partial charge in [0.25, 0.3) is 0 Å². The number of nitrogens with zero attached hydrogens (tertiary/aromatic N) is 3. The van der Waals surface area contributed by atoms with E-state index < -0.39 is 12.7 Å². The number of aliphatic imine (C=N–C) groups is 1. The number of hydrogen-bond donors (Lipinski definition) is 1. The fraction of sp³-hybridized carbons (Fsp3) is 0.650. The molecule has 1 aromatic rings. The van der Waals surface area contributed by atoms with E-state index in [-0.39, 0.29) is 5.92 Å². The first-order chi connectivity index (χ1) is 13.3. The monoisotopic (exact) mass is 416 g/mol. The third-order valence-electron chi connectivity index (χ3n) is 5.55. The van der Waals surface area contributed by atoms with Gasteiger partial charge in [-0.15, -0.1) is 0 Å². The lowest BCUT2D eigenvalue weighted by Crippen LogP contribution is -2.42. The second-order valence-electron chi connectivity index (χ2n) is 7.74. The SMILES string of the molecule is CCN(CC1CCN(C(=NC)NC2CC2c2cccc(Cl)c2)C1)CC(F)(F)F. The number of benzene rings is 1. The van der Waals surface area contributed by atoms with Crippen LogP contribution in [0, 0.1) is 5.92 Å². The molecule has 1 aromatic carbocycles. The minimum atomic E-state index is -4.15. The Labute approximate surface area is 169 Å². The number of guanidine groups is 1. The molecule has 8 heteroatoms. The highest BCUT2D eigenvalue weighted by molar-refractivity contribution is 6.30. The summed E-state index contributed by atoms with van der Waals surface area (Å²) in [7, 11) is 1.76. The maximum absolute atomic E-state index is 12.7. The van der Waals surface area contributed by atoms with Crippen LogP contribution in [-0.2, 0) is 0 Å². The van der Waals surface area contributed by atoms with Crippen LogP contribution in [0.1, 0.15) is 31.2 Å². The molecular weight excluding hydrogens is 389 g/mol. The predicted octanol–water partition coefficient (Wildman–Crippen LogP) is 3.98. The molecule has 1 N–H and O–H groups in total. The standard InChI is InChI=1S/C20H28ClF3N4/c1-3-27(13-20(22,23)24)11-14-7-8-28(12-14)19(25-2)26-18-10-17(18)15-5-4-6-16(21)9-15/h4-6,9,14,17-18H,3,7-8,10-13H2,1-2H3,(H,25,26). The zero-order valence-electron chi connectivity index (χ0n) is 16.3. The fourth-order valence-corrected chi connectivity index (χ4v) is 4.22. The summed E-state index contributed by atoms with van der Waals surface area (Å²) >= 11 is 6.08. The maximum atomic E-state index is 12.7. The van der Waals surface area contributed by atoms with E-state index in [1.165, 1.54) is 10.5 Å². The summed E-state index contributed by atoms with van der Waals surface area (Å²) in [5.41, 5.74) is 1.23. The summed E-state index contributed by atoms with van der Waals surface area (Å²) in [4.78, 5) is 8.05. The first kappa shape index (κ1) is 21.2. The third kappa shape index (κ3) is 5.77. The molecule has 2 aliphatic rings. The van der Waals surface area contributed by atoms with Crippen LogP contribution in [0.5, 0.6) is 0 Å². The quantitative estimate of drug-likeness (QED) is 0.562. The second-order valence-corrected chi connectivity index (χ2v) is 8.18. The van der Waals surface area contributed by atoms with Crippen LogP contribution < -0.4 is 5.32 Å². The molecule has 0 bridgehead atoms. The lowest BCUT2D eigenvalue weighted by molar-refractivity contribution is -0.146. The van der Waals surface area contributed by atoms with Gasteiger partial charge in [0.1, 0.15) is 0 Å². The van der Waals surface area contributed by atoms with Crippen molar-refractivity contribution >= 4 is 17.6 Å². The van der Waals surface area contributed by atoms with Gasteiger partial charge in [0.15, 0.2) is 5.96 Å². The van der Waals surface area contributed by atoms with Crippen molar-refractivity contribution < 1.29 is 13.2 Å². The van der Waals surface area contributed by atoms with Crippen LogP contribution >= 0.6 is 11.6 Å². The normalized spacial score (nSPS) is 25.5. The molecule has 2 fully saturated rings. The molecule has 3 unspecified atom stereocenters. The molecular formula is C20H28ClF3N4. The Kier molecular flexibility index (Phi) is 6.76. The van der Waals surface area contributed by atoms with Gasteiger partial charge in [-0.1, -0.05) is 30.7 Å². The topological polar surface area (TPSA) is 30.9 Å². The molecule has 0 aromatic heterocycles. The summed E-state index contributed by atoms with van der Waals surface area (Å²) in [5.74, 6) is 1.50. The summed E-state index contributed by atoms with van der Waals surface area (Å²) in [6, 6.07) is 8.26. The van der Waals surface area contributed by atoms with Crippen LogP contribution in [0.15, 0.2) is 29.3 Å². The highest BCUT2D eigenvalue weighted by atomic mass is 35.5. The van der Waals surface area contributed by atoms with Crippen LogP contribution in [0.25, 0.3) is 0 Å². The van der Waals surface area contributed by atoms with Crippen LogP contribution in [0.4, 0.5) is 13.2 Å². The molecule has 4 nitrogen and oxygen atoms in total. The van der Waals surface area contributed by atoms with Crippen molar-refractivity contribution in [3.63, 3.8) is 0 Å². The Morgan fingerprint density at radius 2 is 2.18 bits per heavy atom. The van der Waals surface area contributed by atoms with Gasteiger partial charge in [-0.25, -0.2) is 0 Å². The summed E-state index contributed by atoms with van der Waals surface area (Å²) < 4.78 is 38.1. The Bertz CT molecular complexity index is 694. The molecule has 1 heterocycles. The maximum Gasteiger partial charge on any atom is 0.401 e. The highest BCUT2D eigenvalue weighted by Gasteiger charge is 2.40. The molecule has 1 saturated carbocycles. The van der Waals surface area contributed by atoms with Gasteiger partial charge in [0, 0.05) is 43.7 Å². The number of rotatable bonds is 6. The lowest BCUT2D eigenvalue weighted by atomic mass is 10.1. The smallest absolute Gasteiger partial charge is 0.353 e. The van der Waals surface area contributed by atoms with E-state index in [4.69, 9.17) is 11.6 Å². The van der Waals surface area contributed by atoms with Crippen molar-refractivity contribution in [1.82, 2.24) is 15.1 Å². The Morgan fingerprint density at radius 1 is 1.39 bits per heavy atom. The number of alkyl halides is 3. The van der Waals surface area contributed by atoms with Crippen molar-refractivity contribution in [2.75, 3.05) is 39.8 Å². The van der Waals surface area contributed by atoms with Gasteiger partial charge in [-0.3, -0.25) is 9.89 Å². The molecule has 3 atom stereocenters. The zero-order valence-corrected chi connectivity index (χ0v) is 17.1. The number of halogens is 4. The Hall–Kier alpha value is -1.47. The van der Waals surface area contributed by atoms with Crippen molar-refractivity contribution in [1.29, 1.82) is 0 Å². The second kappa shape index (κ2) is 8.91. The first-order valence-corrected chi connectivity index (χ1v) is 10.2. The van der Waals surface area contributed by atoms with Gasteiger partial charge < -0.3 is 10.2 Å². The summed E-state index contributed by atoms with van der Waals surface area (Å²) in [5, 5.41) is 4.26. The molecule has 1 aliphatic heterocycles. The third-order valence-corrected chi connectivity index (χ3v) is 5.78. The number of hydrogen-bond acceptors (Lipinski definition) is 2. The van der Waals surface area contributed by atoms with E-state index in [9.17, 15) is 13.2 Å². The molecule has 1 saturated heterocycles. The van der Waals surface area contributed by atoms with E-state index in [1.807, 2.05) is 18.2 Å². The van der Waals surface area contributed by atoms with E-state index in [2.05, 4.69) is 21.3 Å². The van der Waals surface area contributed by atoms with Gasteiger partial charge in [-0.2, -0.15) is 13.2 Å². The van der Waals surface area contributed by atoms with E-state index in [0.717, 1.165) is 36.9 Å². The minimum Gasteiger partial charge on any atom is -0.353 e. The molecule has 28 heavy (non-hydrogen) atoms. The first-order valence-electron chi connectivity index (χ1n) is 9.82. The van der Waals surface area contributed by atoms with Gasteiger partial charge >= 0.3 is 6.18 Å². The molecule has 1 aliphatic carbocycles. The zero-order chi connectivity index (χ0) is 20.3. The Morgan fingerprint density at radius 3 is 2.82 bits per heavy atom. The number of nitrogens with one attached hydrogen (secondary N) is 1. The summed E-state index contributed by atoms with van der Waals surface area (Å²) in [6.45, 7) is 3.38. The summed E-state index contributed by atoms with van der Waals surface area (Å²) in [6.07, 6.45) is -2.23. The van der Waals surface area contributed by atoms with Crippen LogP contribution in [-0.4, -0.2) is 67.7 Å². The van der Waals surface area contributed by atoms with Crippen molar-refractivity contribution in [2.24, 2.45) is 10.9 Å². The fourth-order valence-electron chi connectivity index (χ4n) is 4.02. The van der Waals surface area contributed by atoms with Crippen molar-refractivity contribution in [2.45, 2.75) is 37.9 Å². The molecule has 156 valence electrons.